The van der Waals surface area contributed by atoms with Crippen LogP contribution in [0.15, 0.2) is 47.5 Å². The Morgan fingerprint density at radius 3 is 2.35 bits per heavy atom. The summed E-state index contributed by atoms with van der Waals surface area (Å²) in [5, 5.41) is 7.97. The SMILES string of the molecule is [B]c1cc(C(F)(F)F)cc2cnc(Nc3ccc(S(N)(=O)=O)cc3)nc12. The first kappa shape index (κ1) is 18.1. The van der Waals surface area contributed by atoms with Crippen molar-refractivity contribution in [2.24, 2.45) is 5.14 Å². The van der Waals surface area contributed by atoms with Gasteiger partial charge in [0.2, 0.25) is 16.0 Å². The minimum Gasteiger partial charge on any atom is -0.324 e. The van der Waals surface area contributed by atoms with Gasteiger partial charge in [-0.25, -0.2) is 23.5 Å². The number of benzene rings is 2. The van der Waals surface area contributed by atoms with E-state index in [1.54, 1.807) is 0 Å². The van der Waals surface area contributed by atoms with Crippen molar-refractivity contribution in [2.45, 2.75) is 11.1 Å². The molecule has 0 atom stereocenters. The third-order valence-electron chi connectivity index (χ3n) is 3.48. The van der Waals surface area contributed by atoms with Crippen LogP contribution in [0.4, 0.5) is 24.8 Å². The molecule has 0 unspecified atom stereocenters. The Kier molecular flexibility index (Phi) is 4.37. The lowest BCUT2D eigenvalue weighted by atomic mass is 9.91. The molecule has 0 aliphatic rings. The summed E-state index contributed by atoms with van der Waals surface area (Å²) in [6, 6.07) is 7.20. The Morgan fingerprint density at radius 1 is 1.12 bits per heavy atom. The normalized spacial score (nSPS) is 12.3. The lowest BCUT2D eigenvalue weighted by Gasteiger charge is -2.11. The monoisotopic (exact) mass is 378 g/mol. The number of rotatable bonds is 3. The summed E-state index contributed by atoms with van der Waals surface area (Å²) in [5.41, 5.74) is -0.394. The summed E-state index contributed by atoms with van der Waals surface area (Å²) in [5.74, 6) is 0.0901. The van der Waals surface area contributed by atoms with E-state index in [-0.39, 0.29) is 27.2 Å². The Bertz CT molecular complexity index is 1090. The number of nitrogens with two attached hydrogens (primary N) is 1. The van der Waals surface area contributed by atoms with Gasteiger partial charge in [0.25, 0.3) is 0 Å². The Labute approximate surface area is 147 Å². The van der Waals surface area contributed by atoms with Gasteiger partial charge in [-0.2, -0.15) is 13.2 Å². The van der Waals surface area contributed by atoms with Crippen molar-refractivity contribution in [1.29, 1.82) is 0 Å². The van der Waals surface area contributed by atoms with Crippen molar-refractivity contribution in [3.8, 4) is 0 Å². The van der Waals surface area contributed by atoms with E-state index in [1.807, 2.05) is 0 Å². The van der Waals surface area contributed by atoms with Crippen LogP contribution >= 0.6 is 0 Å². The van der Waals surface area contributed by atoms with E-state index in [0.717, 1.165) is 12.1 Å². The number of aromatic nitrogens is 2. The lowest BCUT2D eigenvalue weighted by molar-refractivity contribution is -0.137. The number of anilines is 2. The molecule has 0 fully saturated rings. The molecule has 132 valence electrons. The molecular weight excluding hydrogens is 368 g/mol. The summed E-state index contributed by atoms with van der Waals surface area (Å²) in [4.78, 5) is 7.99. The van der Waals surface area contributed by atoms with E-state index in [1.165, 1.54) is 30.5 Å². The zero-order chi connectivity index (χ0) is 19.1. The van der Waals surface area contributed by atoms with Crippen LogP contribution in [-0.4, -0.2) is 26.2 Å². The predicted octanol–water partition coefficient (Wildman–Crippen LogP) is 1.83. The molecule has 2 aromatic carbocycles. The molecule has 0 aliphatic carbocycles. The first-order valence-corrected chi connectivity index (χ1v) is 8.62. The minimum absolute atomic E-state index is 0.0635. The molecule has 3 N–H and O–H groups in total. The molecule has 3 rings (SSSR count). The van der Waals surface area contributed by atoms with Gasteiger partial charge in [-0.1, -0.05) is 11.5 Å². The van der Waals surface area contributed by atoms with Crippen LogP contribution in [0.2, 0.25) is 0 Å². The van der Waals surface area contributed by atoms with Gasteiger partial charge >= 0.3 is 6.18 Å². The maximum atomic E-state index is 12.8. The number of alkyl halides is 3. The molecule has 0 saturated carbocycles. The van der Waals surface area contributed by atoms with Crippen molar-refractivity contribution in [2.75, 3.05) is 5.32 Å². The van der Waals surface area contributed by atoms with Crippen LogP contribution < -0.4 is 15.9 Å². The fourth-order valence-electron chi connectivity index (χ4n) is 2.25. The average molecular weight is 378 g/mol. The van der Waals surface area contributed by atoms with Gasteiger partial charge in [-0.3, -0.25) is 0 Å². The summed E-state index contributed by atoms with van der Waals surface area (Å²) < 4.78 is 60.9. The molecule has 0 aliphatic heterocycles. The van der Waals surface area contributed by atoms with Crippen LogP contribution in [-0.2, 0) is 16.2 Å². The predicted molar refractivity (Wildman–Crippen MR) is 91.0 cm³/mol. The zero-order valence-corrected chi connectivity index (χ0v) is 13.8. The van der Waals surface area contributed by atoms with Crippen molar-refractivity contribution in [3.63, 3.8) is 0 Å². The molecule has 0 bridgehead atoms. The molecule has 1 heterocycles. The van der Waals surface area contributed by atoms with Gasteiger partial charge < -0.3 is 5.32 Å². The van der Waals surface area contributed by atoms with E-state index in [2.05, 4.69) is 15.3 Å². The van der Waals surface area contributed by atoms with Gasteiger partial charge in [0.05, 0.1) is 16.0 Å². The minimum atomic E-state index is -4.52. The molecule has 11 heteroatoms. The third-order valence-corrected chi connectivity index (χ3v) is 4.41. The van der Waals surface area contributed by atoms with E-state index >= 15 is 0 Å². The molecule has 1 aromatic heterocycles. The van der Waals surface area contributed by atoms with E-state index in [0.29, 0.717) is 5.69 Å². The smallest absolute Gasteiger partial charge is 0.324 e. The fraction of sp³-hybridized carbons (Fsp3) is 0.0667. The van der Waals surface area contributed by atoms with Gasteiger partial charge in [0.1, 0.15) is 7.85 Å². The molecule has 2 radical (unpaired) electrons. The van der Waals surface area contributed by atoms with Crippen LogP contribution in [0.25, 0.3) is 10.9 Å². The summed E-state index contributed by atoms with van der Waals surface area (Å²) in [6.45, 7) is 0. The Balaban J connectivity index is 1.93. The second-order valence-electron chi connectivity index (χ2n) is 5.39. The Morgan fingerprint density at radius 2 is 1.77 bits per heavy atom. The fourth-order valence-corrected chi connectivity index (χ4v) is 2.77. The lowest BCUT2D eigenvalue weighted by Crippen LogP contribution is -2.14. The van der Waals surface area contributed by atoms with E-state index in [9.17, 15) is 21.6 Å². The number of hydrogen-bond donors (Lipinski definition) is 2. The van der Waals surface area contributed by atoms with Crippen molar-refractivity contribution < 1.29 is 21.6 Å². The largest absolute Gasteiger partial charge is 0.416 e. The second kappa shape index (κ2) is 6.25. The first-order chi connectivity index (χ1) is 12.0. The summed E-state index contributed by atoms with van der Waals surface area (Å²) in [6.07, 6.45) is -3.31. The molecule has 3 aromatic rings. The van der Waals surface area contributed by atoms with Gasteiger partial charge in [0, 0.05) is 17.3 Å². The molecule has 0 amide bonds. The van der Waals surface area contributed by atoms with Crippen LogP contribution in [0.3, 0.4) is 0 Å². The molecule has 26 heavy (non-hydrogen) atoms. The topological polar surface area (TPSA) is 98.0 Å². The van der Waals surface area contributed by atoms with Crippen LogP contribution in [0, 0.1) is 0 Å². The first-order valence-electron chi connectivity index (χ1n) is 7.07. The highest BCUT2D eigenvalue weighted by atomic mass is 32.2. The molecular formula is C15H10BF3N4O2S. The number of nitrogens with one attached hydrogen (secondary N) is 1. The zero-order valence-electron chi connectivity index (χ0n) is 12.9. The maximum absolute atomic E-state index is 12.8. The summed E-state index contributed by atoms with van der Waals surface area (Å²) in [7, 11) is 1.87. The highest BCUT2D eigenvalue weighted by molar-refractivity contribution is 7.89. The highest BCUT2D eigenvalue weighted by Gasteiger charge is 2.31. The van der Waals surface area contributed by atoms with Crippen LogP contribution in [0.1, 0.15) is 5.56 Å². The second-order valence-corrected chi connectivity index (χ2v) is 6.95. The van der Waals surface area contributed by atoms with Crippen LogP contribution in [0.5, 0.6) is 0 Å². The molecule has 0 saturated heterocycles. The number of hydrogen-bond acceptors (Lipinski definition) is 5. The highest BCUT2D eigenvalue weighted by Crippen LogP contribution is 2.30. The van der Waals surface area contributed by atoms with Crippen molar-refractivity contribution in [1.82, 2.24) is 9.97 Å². The van der Waals surface area contributed by atoms with Gasteiger partial charge in [-0.05, 0) is 30.3 Å². The quantitative estimate of drug-likeness (QED) is 0.678. The van der Waals surface area contributed by atoms with Gasteiger partial charge in [0.15, 0.2) is 0 Å². The van der Waals surface area contributed by atoms with E-state index in [4.69, 9.17) is 13.0 Å². The van der Waals surface area contributed by atoms with Crippen molar-refractivity contribution >= 4 is 45.9 Å². The number of sulfonamides is 1. The van der Waals surface area contributed by atoms with E-state index < -0.39 is 21.8 Å². The molecule has 0 spiro atoms. The Hall–Kier alpha value is -2.66. The average Bonchev–Trinajstić information content (AvgIpc) is 2.54. The maximum Gasteiger partial charge on any atom is 0.416 e. The standard InChI is InChI=1S/C15H10BF3N4O2S/c16-12-6-9(15(17,18)19)5-8-7-21-14(23-13(8)12)22-10-1-3-11(4-2-10)26(20,24)25/h1-7H,(H2,20,24,25)(H,21,22,23). The summed E-state index contributed by atoms with van der Waals surface area (Å²) >= 11 is 0. The van der Waals surface area contributed by atoms with Gasteiger partial charge in [-0.15, -0.1) is 0 Å². The number of halogens is 3. The number of fused-ring (bicyclic) bond motifs is 1. The molecule has 6 nitrogen and oxygen atoms in total. The van der Waals surface area contributed by atoms with Crippen molar-refractivity contribution in [3.05, 3.63) is 48.2 Å². The number of primary sulfonamides is 1. The third kappa shape index (κ3) is 3.78. The number of nitrogens with zero attached hydrogens (tertiary/aromatic N) is 2.